The smallest absolute Gasteiger partial charge is 0.0669 e. The van der Waals surface area contributed by atoms with E-state index in [1.54, 1.807) is 0 Å². The van der Waals surface area contributed by atoms with Gasteiger partial charge in [-0.1, -0.05) is 18.2 Å². The van der Waals surface area contributed by atoms with E-state index in [1.807, 2.05) is 11.8 Å². The molecule has 1 aliphatic rings. The molecule has 2 rings (SSSR count). The van der Waals surface area contributed by atoms with E-state index in [0.717, 1.165) is 19.4 Å². The van der Waals surface area contributed by atoms with Crippen LogP contribution in [0, 0.1) is 0 Å². The normalized spacial score (nSPS) is 26.1. The molecule has 1 heterocycles. The van der Waals surface area contributed by atoms with Crippen LogP contribution in [0.5, 0.6) is 0 Å². The lowest BCUT2D eigenvalue weighted by molar-refractivity contribution is 0.127. The molecule has 0 aromatic heterocycles. The second-order valence-corrected chi connectivity index (χ2v) is 6.09. The second kappa shape index (κ2) is 5.89. The third-order valence-corrected chi connectivity index (χ3v) is 4.67. The Balaban J connectivity index is 2.09. The Kier molecular flexibility index (Phi) is 4.48. The Bertz CT molecular complexity index is 367. The van der Waals surface area contributed by atoms with Crippen LogP contribution in [0.15, 0.2) is 29.2 Å². The summed E-state index contributed by atoms with van der Waals surface area (Å²) < 4.78 is 5.61. The van der Waals surface area contributed by atoms with E-state index in [1.165, 1.54) is 10.5 Å². The SMILES string of the molecule is CC(N)Cc1ccccc1SC1CCOC1C. The molecule has 3 heteroatoms. The molecule has 0 saturated carbocycles. The zero-order chi connectivity index (χ0) is 12.3. The molecule has 94 valence electrons. The number of thioether (sulfide) groups is 1. The molecule has 0 bridgehead atoms. The van der Waals surface area contributed by atoms with Gasteiger partial charge in [0.2, 0.25) is 0 Å². The molecule has 1 fully saturated rings. The van der Waals surface area contributed by atoms with Crippen molar-refractivity contribution in [2.24, 2.45) is 5.73 Å². The van der Waals surface area contributed by atoms with Crippen molar-refractivity contribution >= 4 is 11.8 Å². The minimum absolute atomic E-state index is 0.217. The van der Waals surface area contributed by atoms with E-state index in [9.17, 15) is 0 Å². The highest BCUT2D eigenvalue weighted by molar-refractivity contribution is 8.00. The maximum absolute atomic E-state index is 5.89. The predicted molar refractivity (Wildman–Crippen MR) is 73.5 cm³/mol. The number of rotatable bonds is 4. The van der Waals surface area contributed by atoms with E-state index < -0.39 is 0 Å². The van der Waals surface area contributed by atoms with E-state index in [-0.39, 0.29) is 6.04 Å². The van der Waals surface area contributed by atoms with Gasteiger partial charge in [0.15, 0.2) is 0 Å². The van der Waals surface area contributed by atoms with E-state index in [0.29, 0.717) is 11.4 Å². The maximum atomic E-state index is 5.89. The monoisotopic (exact) mass is 251 g/mol. The Morgan fingerprint density at radius 2 is 2.24 bits per heavy atom. The fraction of sp³-hybridized carbons (Fsp3) is 0.571. The van der Waals surface area contributed by atoms with Gasteiger partial charge in [-0.05, 0) is 38.3 Å². The highest BCUT2D eigenvalue weighted by atomic mass is 32.2. The molecule has 1 aromatic rings. The maximum Gasteiger partial charge on any atom is 0.0669 e. The first kappa shape index (κ1) is 12.9. The van der Waals surface area contributed by atoms with Crippen molar-refractivity contribution in [3.05, 3.63) is 29.8 Å². The minimum atomic E-state index is 0.217. The quantitative estimate of drug-likeness (QED) is 0.893. The molecule has 2 N–H and O–H groups in total. The first-order valence-corrected chi connectivity index (χ1v) is 7.16. The summed E-state index contributed by atoms with van der Waals surface area (Å²) in [5, 5.41) is 0.587. The average molecular weight is 251 g/mol. The number of nitrogens with two attached hydrogens (primary N) is 1. The molecule has 1 saturated heterocycles. The summed E-state index contributed by atoms with van der Waals surface area (Å²) >= 11 is 1.95. The Morgan fingerprint density at radius 1 is 1.47 bits per heavy atom. The highest BCUT2D eigenvalue weighted by Gasteiger charge is 2.25. The van der Waals surface area contributed by atoms with Gasteiger partial charge in [-0.2, -0.15) is 0 Å². The lowest BCUT2D eigenvalue weighted by atomic mass is 10.1. The van der Waals surface area contributed by atoms with Crippen molar-refractivity contribution in [2.75, 3.05) is 6.61 Å². The summed E-state index contributed by atoms with van der Waals surface area (Å²) in [4.78, 5) is 1.37. The van der Waals surface area contributed by atoms with Gasteiger partial charge in [0, 0.05) is 22.8 Å². The van der Waals surface area contributed by atoms with Crippen LogP contribution in [-0.2, 0) is 11.2 Å². The minimum Gasteiger partial charge on any atom is -0.377 e. The number of ether oxygens (including phenoxy) is 1. The number of benzene rings is 1. The standard InChI is InChI=1S/C14H21NOS/c1-10(15)9-12-5-3-4-6-14(12)17-13-7-8-16-11(13)2/h3-6,10-11,13H,7-9,15H2,1-2H3. The Hall–Kier alpha value is -0.510. The summed E-state index contributed by atoms with van der Waals surface area (Å²) in [7, 11) is 0. The molecule has 0 amide bonds. The van der Waals surface area contributed by atoms with Crippen LogP contribution in [0.3, 0.4) is 0 Å². The zero-order valence-electron chi connectivity index (χ0n) is 10.6. The summed E-state index contributed by atoms with van der Waals surface area (Å²) in [5.41, 5.74) is 7.26. The summed E-state index contributed by atoms with van der Waals surface area (Å²) in [5.74, 6) is 0. The van der Waals surface area contributed by atoms with Crippen molar-refractivity contribution in [1.29, 1.82) is 0 Å². The molecule has 0 spiro atoms. The lowest BCUT2D eigenvalue weighted by Crippen LogP contribution is -2.19. The molecule has 3 atom stereocenters. The van der Waals surface area contributed by atoms with Crippen LogP contribution in [0.2, 0.25) is 0 Å². The number of hydrogen-bond acceptors (Lipinski definition) is 3. The fourth-order valence-electron chi connectivity index (χ4n) is 2.16. The van der Waals surface area contributed by atoms with Crippen LogP contribution in [0.25, 0.3) is 0 Å². The van der Waals surface area contributed by atoms with E-state index in [2.05, 4.69) is 38.1 Å². The van der Waals surface area contributed by atoms with Gasteiger partial charge in [-0.15, -0.1) is 11.8 Å². The Labute approximate surface area is 108 Å². The van der Waals surface area contributed by atoms with Crippen LogP contribution in [-0.4, -0.2) is 24.0 Å². The largest absolute Gasteiger partial charge is 0.377 e. The zero-order valence-corrected chi connectivity index (χ0v) is 11.4. The van der Waals surface area contributed by atoms with Gasteiger partial charge >= 0.3 is 0 Å². The highest BCUT2D eigenvalue weighted by Crippen LogP contribution is 2.34. The first-order chi connectivity index (χ1) is 8.16. The molecule has 1 aliphatic heterocycles. The summed E-state index contributed by atoms with van der Waals surface area (Å²) in [6.45, 7) is 5.12. The third-order valence-electron chi connectivity index (χ3n) is 3.10. The molecule has 17 heavy (non-hydrogen) atoms. The van der Waals surface area contributed by atoms with Crippen molar-refractivity contribution in [3.8, 4) is 0 Å². The molecular formula is C14H21NOS. The predicted octanol–water partition coefficient (Wildman–Crippen LogP) is 2.85. The van der Waals surface area contributed by atoms with Gasteiger partial charge in [-0.25, -0.2) is 0 Å². The van der Waals surface area contributed by atoms with E-state index in [4.69, 9.17) is 10.5 Å². The van der Waals surface area contributed by atoms with Crippen LogP contribution in [0.4, 0.5) is 0 Å². The lowest BCUT2D eigenvalue weighted by Gasteiger charge is -2.17. The van der Waals surface area contributed by atoms with Gasteiger partial charge in [0.1, 0.15) is 0 Å². The van der Waals surface area contributed by atoms with Crippen molar-refractivity contribution < 1.29 is 4.74 Å². The van der Waals surface area contributed by atoms with E-state index >= 15 is 0 Å². The van der Waals surface area contributed by atoms with Gasteiger partial charge < -0.3 is 10.5 Å². The fourth-order valence-corrected chi connectivity index (χ4v) is 3.43. The van der Waals surface area contributed by atoms with Crippen molar-refractivity contribution in [2.45, 2.75) is 49.0 Å². The Morgan fingerprint density at radius 3 is 2.88 bits per heavy atom. The molecule has 0 aliphatic carbocycles. The van der Waals surface area contributed by atoms with Crippen LogP contribution >= 0.6 is 11.8 Å². The average Bonchev–Trinajstić information content (AvgIpc) is 2.67. The van der Waals surface area contributed by atoms with Gasteiger partial charge in [-0.3, -0.25) is 0 Å². The van der Waals surface area contributed by atoms with Crippen LogP contribution in [0.1, 0.15) is 25.8 Å². The van der Waals surface area contributed by atoms with Crippen molar-refractivity contribution in [1.82, 2.24) is 0 Å². The van der Waals surface area contributed by atoms with Gasteiger partial charge in [0.25, 0.3) is 0 Å². The van der Waals surface area contributed by atoms with Gasteiger partial charge in [0.05, 0.1) is 6.10 Å². The van der Waals surface area contributed by atoms with Crippen molar-refractivity contribution in [3.63, 3.8) is 0 Å². The molecule has 0 radical (unpaired) electrons. The third kappa shape index (κ3) is 3.47. The molecule has 2 nitrogen and oxygen atoms in total. The summed E-state index contributed by atoms with van der Waals surface area (Å²) in [6, 6.07) is 8.80. The summed E-state index contributed by atoms with van der Waals surface area (Å²) in [6.07, 6.45) is 2.46. The van der Waals surface area contributed by atoms with Crippen LogP contribution < -0.4 is 5.73 Å². The first-order valence-electron chi connectivity index (χ1n) is 6.28. The topological polar surface area (TPSA) is 35.2 Å². The molecule has 3 unspecified atom stereocenters. The second-order valence-electron chi connectivity index (χ2n) is 4.81. The number of hydrogen-bond donors (Lipinski definition) is 1. The molecule has 1 aromatic carbocycles. The molecular weight excluding hydrogens is 230 g/mol.